The molecule has 8 nitrogen and oxygen atoms in total. The van der Waals surface area contributed by atoms with Gasteiger partial charge >= 0.3 is 5.97 Å². The second-order valence-corrected chi connectivity index (χ2v) is 6.98. The monoisotopic (exact) mass is 321 g/mol. The van der Waals surface area contributed by atoms with Crippen molar-refractivity contribution in [1.82, 2.24) is 13.9 Å². The van der Waals surface area contributed by atoms with E-state index < -0.39 is 16.2 Å². The molecule has 1 heterocycles. The number of hydrogen-bond donors (Lipinski definition) is 1. The van der Waals surface area contributed by atoms with Crippen LogP contribution >= 0.6 is 0 Å². The summed E-state index contributed by atoms with van der Waals surface area (Å²) in [5, 5.41) is 2.58. The Morgan fingerprint density at radius 3 is 2.38 bits per heavy atom. The molecule has 0 aromatic carbocycles. The van der Waals surface area contributed by atoms with Gasteiger partial charge in [-0.15, -0.1) is 0 Å². The van der Waals surface area contributed by atoms with Gasteiger partial charge in [-0.25, -0.2) is 0 Å². The van der Waals surface area contributed by atoms with Crippen molar-refractivity contribution in [2.24, 2.45) is 5.92 Å². The Labute approximate surface area is 125 Å². The van der Waals surface area contributed by atoms with Crippen LogP contribution < -0.4 is 5.32 Å². The maximum absolute atomic E-state index is 12.3. The minimum atomic E-state index is -3.59. The minimum Gasteiger partial charge on any atom is -0.469 e. The molecule has 21 heavy (non-hydrogen) atoms. The summed E-state index contributed by atoms with van der Waals surface area (Å²) in [5.74, 6) is -0.636. The first-order valence-electron chi connectivity index (χ1n) is 6.82. The summed E-state index contributed by atoms with van der Waals surface area (Å²) in [5.41, 5.74) is 0. The maximum Gasteiger partial charge on any atom is 0.306 e. The van der Waals surface area contributed by atoms with Crippen LogP contribution in [-0.2, 0) is 24.5 Å². The fraction of sp³-hybridized carbons (Fsp3) is 0.833. The van der Waals surface area contributed by atoms with Crippen LogP contribution in [0.4, 0.5) is 0 Å². The van der Waals surface area contributed by atoms with Crippen molar-refractivity contribution in [3.63, 3.8) is 0 Å². The second kappa shape index (κ2) is 7.71. The lowest BCUT2D eigenvalue weighted by molar-refractivity contribution is -0.140. The first kappa shape index (κ1) is 17.9. The first-order chi connectivity index (χ1) is 9.82. The molecule has 1 aliphatic rings. The molecule has 0 aromatic rings. The molecule has 0 bridgehead atoms. The first-order valence-corrected chi connectivity index (χ1v) is 8.22. The lowest BCUT2D eigenvalue weighted by Gasteiger charge is -2.32. The molecule has 0 atom stereocenters. The number of rotatable bonds is 6. The summed E-state index contributed by atoms with van der Waals surface area (Å²) in [6.45, 7) is 0.691. The molecule has 122 valence electrons. The van der Waals surface area contributed by atoms with Gasteiger partial charge < -0.3 is 10.1 Å². The van der Waals surface area contributed by atoms with Crippen LogP contribution in [0.2, 0.25) is 0 Å². The third kappa shape index (κ3) is 4.65. The third-order valence-electron chi connectivity index (χ3n) is 3.65. The molecule has 0 saturated carbocycles. The largest absolute Gasteiger partial charge is 0.469 e. The van der Waals surface area contributed by atoms with E-state index in [-0.39, 0.29) is 24.8 Å². The fourth-order valence-electron chi connectivity index (χ4n) is 2.22. The number of hydrogen-bond acceptors (Lipinski definition) is 5. The molecular formula is C12H23N3O5S. The van der Waals surface area contributed by atoms with E-state index in [0.717, 1.165) is 4.31 Å². The summed E-state index contributed by atoms with van der Waals surface area (Å²) >= 11 is 0. The van der Waals surface area contributed by atoms with Gasteiger partial charge in [-0.1, -0.05) is 0 Å². The number of esters is 1. The van der Waals surface area contributed by atoms with Gasteiger partial charge in [-0.3, -0.25) is 9.59 Å². The van der Waals surface area contributed by atoms with Gasteiger partial charge in [0.1, 0.15) is 0 Å². The highest BCUT2D eigenvalue weighted by Gasteiger charge is 2.33. The number of nitrogens with zero attached hydrogens (tertiary/aromatic N) is 2. The predicted molar refractivity (Wildman–Crippen MR) is 76.5 cm³/mol. The van der Waals surface area contributed by atoms with Gasteiger partial charge in [-0.2, -0.15) is 17.0 Å². The topological polar surface area (TPSA) is 96.0 Å². The number of nitrogens with one attached hydrogen (secondary N) is 1. The van der Waals surface area contributed by atoms with Crippen LogP contribution in [0.5, 0.6) is 0 Å². The Bertz CT molecular complexity index is 471. The molecule has 1 aliphatic heterocycles. The zero-order valence-corrected chi connectivity index (χ0v) is 13.5. The summed E-state index contributed by atoms with van der Waals surface area (Å²) in [7, 11) is 0.679. The molecule has 0 radical (unpaired) electrons. The summed E-state index contributed by atoms with van der Waals surface area (Å²) < 4.78 is 31.7. The Hall–Kier alpha value is -1.19. The molecule has 1 amide bonds. The number of carbonyl (C=O) groups excluding carboxylic acids is 2. The van der Waals surface area contributed by atoms with Gasteiger partial charge in [0.25, 0.3) is 10.2 Å². The van der Waals surface area contributed by atoms with Crippen molar-refractivity contribution in [2.45, 2.75) is 19.3 Å². The average molecular weight is 321 g/mol. The molecule has 1 fully saturated rings. The van der Waals surface area contributed by atoms with Crippen LogP contribution in [0, 0.1) is 5.92 Å². The van der Waals surface area contributed by atoms with Crippen molar-refractivity contribution in [1.29, 1.82) is 0 Å². The molecule has 0 spiro atoms. The zero-order chi connectivity index (χ0) is 16.0. The quantitative estimate of drug-likeness (QED) is 0.645. The summed E-state index contributed by atoms with van der Waals surface area (Å²) in [6, 6.07) is 0. The van der Waals surface area contributed by atoms with Crippen molar-refractivity contribution in [3.05, 3.63) is 0 Å². The number of piperidine rings is 1. The van der Waals surface area contributed by atoms with Crippen molar-refractivity contribution in [3.8, 4) is 0 Å². The van der Waals surface area contributed by atoms with E-state index in [1.165, 1.54) is 18.5 Å². The Morgan fingerprint density at radius 1 is 1.33 bits per heavy atom. The van der Waals surface area contributed by atoms with Crippen molar-refractivity contribution in [2.75, 3.05) is 40.8 Å². The number of methoxy groups -OCH3 is 1. The van der Waals surface area contributed by atoms with Gasteiger partial charge in [0.2, 0.25) is 5.91 Å². The average Bonchev–Trinajstić information content (AvgIpc) is 2.51. The van der Waals surface area contributed by atoms with E-state index in [4.69, 9.17) is 0 Å². The summed E-state index contributed by atoms with van der Waals surface area (Å²) in [6.07, 6.45) is 1.02. The highest BCUT2D eigenvalue weighted by molar-refractivity contribution is 7.86. The molecule has 0 aromatic heterocycles. The van der Waals surface area contributed by atoms with Crippen molar-refractivity contribution < 1.29 is 22.7 Å². The van der Waals surface area contributed by atoms with Crippen LogP contribution in [0.1, 0.15) is 19.3 Å². The van der Waals surface area contributed by atoms with Gasteiger partial charge in [0.15, 0.2) is 0 Å². The Morgan fingerprint density at radius 2 is 1.90 bits per heavy atom. The van der Waals surface area contributed by atoms with Crippen LogP contribution in [-0.4, -0.2) is 69.7 Å². The van der Waals surface area contributed by atoms with Gasteiger partial charge in [-0.05, 0) is 12.8 Å². The number of carbonyl (C=O) groups is 2. The molecule has 9 heteroatoms. The highest BCUT2D eigenvalue weighted by atomic mass is 32.2. The Balaban J connectivity index is 2.56. The van der Waals surface area contributed by atoms with E-state index in [9.17, 15) is 18.0 Å². The van der Waals surface area contributed by atoms with Crippen molar-refractivity contribution >= 4 is 22.1 Å². The smallest absolute Gasteiger partial charge is 0.306 e. The zero-order valence-electron chi connectivity index (χ0n) is 12.7. The molecule has 1 N–H and O–H groups in total. The highest BCUT2D eigenvalue weighted by Crippen LogP contribution is 2.21. The minimum absolute atomic E-state index is 0.0148. The van der Waals surface area contributed by atoms with Crippen LogP contribution in [0.15, 0.2) is 0 Å². The Kier molecular flexibility index (Phi) is 6.56. The van der Waals surface area contributed by atoms with E-state index in [0.29, 0.717) is 25.9 Å². The SMILES string of the molecule is CNC(=O)C1CCN(S(=O)(=O)N(C)CCC(=O)OC)CC1. The van der Waals surface area contributed by atoms with E-state index in [1.807, 2.05) is 0 Å². The van der Waals surface area contributed by atoms with E-state index >= 15 is 0 Å². The van der Waals surface area contributed by atoms with Gasteiger partial charge in [0, 0.05) is 39.6 Å². The number of ether oxygens (including phenoxy) is 1. The molecule has 1 saturated heterocycles. The molecule has 0 aliphatic carbocycles. The second-order valence-electron chi connectivity index (χ2n) is 4.94. The fourth-order valence-corrected chi connectivity index (χ4v) is 3.60. The normalized spacial score (nSPS) is 17.7. The van der Waals surface area contributed by atoms with E-state index in [1.54, 1.807) is 7.05 Å². The lowest BCUT2D eigenvalue weighted by atomic mass is 9.97. The number of amides is 1. The molecular weight excluding hydrogens is 298 g/mol. The lowest BCUT2D eigenvalue weighted by Crippen LogP contribution is -2.47. The molecule has 0 unspecified atom stereocenters. The van der Waals surface area contributed by atoms with Gasteiger partial charge in [0.05, 0.1) is 13.5 Å². The van der Waals surface area contributed by atoms with Crippen LogP contribution in [0.25, 0.3) is 0 Å². The van der Waals surface area contributed by atoms with E-state index in [2.05, 4.69) is 10.1 Å². The third-order valence-corrected chi connectivity index (χ3v) is 5.64. The summed E-state index contributed by atoms with van der Waals surface area (Å²) in [4.78, 5) is 22.6. The van der Waals surface area contributed by atoms with Crippen LogP contribution in [0.3, 0.4) is 0 Å². The standard InChI is InChI=1S/C12H23N3O5S/c1-13-12(17)10-4-8-15(9-5-10)21(18,19)14(2)7-6-11(16)20-3/h10H,4-9H2,1-3H3,(H,13,17). The molecule has 1 rings (SSSR count). The maximum atomic E-state index is 12.3. The predicted octanol–water partition coefficient (Wildman–Crippen LogP) is -0.816.